The lowest BCUT2D eigenvalue weighted by Gasteiger charge is -2.04. The normalized spacial score (nSPS) is 10.8. The van der Waals surface area contributed by atoms with Crippen LogP contribution in [-0.2, 0) is 23.6 Å². The van der Waals surface area contributed by atoms with Crippen molar-refractivity contribution in [3.05, 3.63) is 29.2 Å². The van der Waals surface area contributed by atoms with Crippen molar-refractivity contribution in [2.24, 2.45) is 0 Å². The van der Waals surface area contributed by atoms with Gasteiger partial charge in [-0.05, 0) is 26.2 Å². The summed E-state index contributed by atoms with van der Waals surface area (Å²) in [5.74, 6) is 1.61. The van der Waals surface area contributed by atoms with Crippen LogP contribution in [0.2, 0.25) is 0 Å². The molecule has 0 unspecified atom stereocenters. The van der Waals surface area contributed by atoms with Crippen LogP contribution in [0.25, 0.3) is 0 Å². The molecule has 20 heavy (non-hydrogen) atoms. The molecule has 0 aliphatic rings. The molecule has 0 aliphatic heterocycles. The number of carbonyl (C=O) groups is 1. The number of rotatable bonds is 6. The Morgan fingerprint density at radius 1 is 1.50 bits per heavy atom. The Labute approximate surface area is 121 Å². The summed E-state index contributed by atoms with van der Waals surface area (Å²) < 4.78 is 6.70. The second-order valence-corrected chi connectivity index (χ2v) is 5.26. The molecule has 0 saturated carbocycles. The first kappa shape index (κ1) is 14.6. The van der Waals surface area contributed by atoms with Crippen molar-refractivity contribution in [3.63, 3.8) is 0 Å². The average Bonchev–Trinajstić information content (AvgIpc) is 2.95. The van der Waals surface area contributed by atoms with Gasteiger partial charge in [-0.3, -0.25) is 9.48 Å². The number of nitrogens with zero attached hydrogens (tertiary/aromatic N) is 4. The molecule has 0 atom stereocenters. The first-order valence-electron chi connectivity index (χ1n) is 6.16. The van der Waals surface area contributed by atoms with E-state index >= 15 is 0 Å². The summed E-state index contributed by atoms with van der Waals surface area (Å²) in [6.07, 6.45) is 1.96. The maximum atomic E-state index is 11.8. The molecule has 2 aromatic rings. The molecular weight excluding hydrogens is 278 g/mol. The molecule has 1 amide bonds. The molecule has 0 saturated heterocycles. The van der Waals surface area contributed by atoms with Crippen LogP contribution >= 0.6 is 11.8 Å². The number of hydrogen-bond acceptors (Lipinski definition) is 6. The molecule has 0 radical (unpaired) electrons. The molecule has 1 N–H and O–H groups in total. The zero-order valence-electron chi connectivity index (χ0n) is 11.7. The molecule has 2 heterocycles. The Balaban J connectivity index is 1.84. The van der Waals surface area contributed by atoms with E-state index in [4.69, 9.17) is 4.52 Å². The topological polar surface area (TPSA) is 85.8 Å². The lowest BCUT2D eigenvalue weighted by atomic mass is 10.4. The van der Waals surface area contributed by atoms with Gasteiger partial charge >= 0.3 is 0 Å². The first-order valence-corrected chi connectivity index (χ1v) is 7.56. The predicted molar refractivity (Wildman–Crippen MR) is 75.1 cm³/mol. The molecule has 108 valence electrons. The zero-order valence-corrected chi connectivity index (χ0v) is 12.5. The predicted octanol–water partition coefficient (Wildman–Crippen LogP) is 1.06. The monoisotopic (exact) mass is 295 g/mol. The maximum absolute atomic E-state index is 11.8. The summed E-state index contributed by atoms with van der Waals surface area (Å²) in [5, 5.41) is 10.8. The van der Waals surface area contributed by atoms with Crippen LogP contribution in [0.5, 0.6) is 0 Å². The zero-order chi connectivity index (χ0) is 14.5. The van der Waals surface area contributed by atoms with E-state index in [1.54, 1.807) is 16.4 Å². The highest BCUT2D eigenvalue weighted by atomic mass is 32.2. The number of hydrogen-bond donors (Lipinski definition) is 1. The minimum absolute atomic E-state index is 0.138. The molecule has 0 spiro atoms. The van der Waals surface area contributed by atoms with E-state index in [1.807, 2.05) is 26.2 Å². The fraction of sp³-hybridized carbons (Fsp3) is 0.500. The Kier molecular flexibility index (Phi) is 4.78. The van der Waals surface area contributed by atoms with Gasteiger partial charge in [0, 0.05) is 5.69 Å². The van der Waals surface area contributed by atoms with Gasteiger partial charge in [0.1, 0.15) is 6.54 Å². The van der Waals surface area contributed by atoms with Crippen molar-refractivity contribution in [2.75, 3.05) is 6.26 Å². The van der Waals surface area contributed by atoms with Gasteiger partial charge in [0.2, 0.25) is 11.8 Å². The lowest BCUT2D eigenvalue weighted by Crippen LogP contribution is -2.28. The van der Waals surface area contributed by atoms with Gasteiger partial charge in [-0.15, -0.1) is 0 Å². The lowest BCUT2D eigenvalue weighted by molar-refractivity contribution is -0.122. The van der Waals surface area contributed by atoms with Crippen molar-refractivity contribution in [2.45, 2.75) is 32.7 Å². The third-order valence-electron chi connectivity index (χ3n) is 2.62. The van der Waals surface area contributed by atoms with Crippen LogP contribution in [0.3, 0.4) is 0 Å². The van der Waals surface area contributed by atoms with Crippen LogP contribution in [-0.4, -0.2) is 32.1 Å². The molecular formula is C12H17N5O2S. The Morgan fingerprint density at radius 2 is 2.30 bits per heavy atom. The Morgan fingerprint density at radius 3 is 2.95 bits per heavy atom. The smallest absolute Gasteiger partial charge is 0.246 e. The highest BCUT2D eigenvalue weighted by Gasteiger charge is 2.10. The standard InChI is InChI=1S/C12H17N5O2S/c1-8-4-9(2)17(15-8)6-11(18)13-5-12-14-10(7-20-3)16-19-12/h4H,5-7H2,1-3H3,(H,13,18). The number of carbonyl (C=O) groups excluding carboxylic acids is 1. The van der Waals surface area contributed by atoms with Crippen LogP contribution in [0.15, 0.2) is 10.6 Å². The van der Waals surface area contributed by atoms with E-state index in [1.165, 1.54) is 0 Å². The molecule has 0 bridgehead atoms. The van der Waals surface area contributed by atoms with Crippen molar-refractivity contribution in [1.29, 1.82) is 0 Å². The van der Waals surface area contributed by atoms with Gasteiger partial charge in [-0.25, -0.2) is 0 Å². The van der Waals surface area contributed by atoms with E-state index in [9.17, 15) is 4.79 Å². The summed E-state index contributed by atoms with van der Waals surface area (Å²) in [6, 6.07) is 1.93. The number of nitrogens with one attached hydrogen (secondary N) is 1. The van der Waals surface area contributed by atoms with Crippen LogP contribution in [0, 0.1) is 13.8 Å². The summed E-state index contributed by atoms with van der Waals surface area (Å²) in [7, 11) is 0. The Hall–Kier alpha value is -1.83. The van der Waals surface area contributed by atoms with E-state index in [2.05, 4.69) is 20.6 Å². The minimum Gasteiger partial charge on any atom is -0.345 e. The highest BCUT2D eigenvalue weighted by Crippen LogP contribution is 2.05. The second-order valence-electron chi connectivity index (χ2n) is 4.40. The highest BCUT2D eigenvalue weighted by molar-refractivity contribution is 7.97. The van der Waals surface area contributed by atoms with Gasteiger partial charge in [0.25, 0.3) is 0 Å². The summed E-state index contributed by atoms with van der Waals surface area (Å²) >= 11 is 1.61. The Bertz CT molecular complexity index is 592. The van der Waals surface area contributed by atoms with Gasteiger partial charge in [0.05, 0.1) is 18.0 Å². The van der Waals surface area contributed by atoms with Crippen molar-refractivity contribution >= 4 is 17.7 Å². The van der Waals surface area contributed by atoms with E-state index in [0.717, 1.165) is 11.4 Å². The van der Waals surface area contributed by atoms with E-state index in [-0.39, 0.29) is 19.0 Å². The fourth-order valence-corrected chi connectivity index (χ4v) is 2.13. The molecule has 0 fully saturated rings. The number of aryl methyl sites for hydroxylation is 2. The van der Waals surface area contributed by atoms with Gasteiger partial charge in [0.15, 0.2) is 5.82 Å². The fourth-order valence-electron chi connectivity index (χ4n) is 1.75. The van der Waals surface area contributed by atoms with Crippen LogP contribution < -0.4 is 5.32 Å². The second kappa shape index (κ2) is 6.56. The van der Waals surface area contributed by atoms with Gasteiger partial charge in [-0.2, -0.15) is 21.8 Å². The molecule has 2 rings (SSSR count). The number of amides is 1. The van der Waals surface area contributed by atoms with Gasteiger partial charge < -0.3 is 9.84 Å². The number of thioether (sulfide) groups is 1. The third-order valence-corrected chi connectivity index (χ3v) is 3.16. The van der Waals surface area contributed by atoms with Crippen molar-refractivity contribution < 1.29 is 9.32 Å². The minimum atomic E-state index is -0.138. The average molecular weight is 295 g/mol. The summed E-state index contributed by atoms with van der Waals surface area (Å²) in [6.45, 7) is 4.23. The largest absolute Gasteiger partial charge is 0.345 e. The third kappa shape index (κ3) is 3.83. The summed E-state index contributed by atoms with van der Waals surface area (Å²) in [4.78, 5) is 16.0. The molecule has 7 nitrogen and oxygen atoms in total. The van der Waals surface area contributed by atoms with E-state index < -0.39 is 0 Å². The number of aromatic nitrogens is 4. The molecule has 2 aromatic heterocycles. The first-order chi connectivity index (χ1) is 9.58. The van der Waals surface area contributed by atoms with Crippen molar-refractivity contribution in [3.8, 4) is 0 Å². The van der Waals surface area contributed by atoms with Crippen LogP contribution in [0.1, 0.15) is 23.1 Å². The van der Waals surface area contributed by atoms with E-state index in [0.29, 0.717) is 17.5 Å². The SMILES string of the molecule is CSCc1noc(CNC(=O)Cn2nc(C)cc2C)n1. The quantitative estimate of drug-likeness (QED) is 0.857. The van der Waals surface area contributed by atoms with Crippen LogP contribution in [0.4, 0.5) is 0 Å². The maximum Gasteiger partial charge on any atom is 0.246 e. The molecule has 0 aromatic carbocycles. The molecule has 8 heteroatoms. The molecule has 0 aliphatic carbocycles. The summed E-state index contributed by atoms with van der Waals surface area (Å²) in [5.41, 5.74) is 1.85. The van der Waals surface area contributed by atoms with Gasteiger partial charge in [-0.1, -0.05) is 5.16 Å². The van der Waals surface area contributed by atoms with Crippen molar-refractivity contribution in [1.82, 2.24) is 25.2 Å².